The summed E-state index contributed by atoms with van der Waals surface area (Å²) in [6.45, 7) is 1.12. The van der Waals surface area contributed by atoms with E-state index in [-0.39, 0.29) is 12.1 Å². The van der Waals surface area contributed by atoms with Gasteiger partial charge >= 0.3 is 6.03 Å². The van der Waals surface area contributed by atoms with Gasteiger partial charge < -0.3 is 19.7 Å². The molecule has 1 saturated heterocycles. The summed E-state index contributed by atoms with van der Waals surface area (Å²) in [5.74, 6) is 0.735. The van der Waals surface area contributed by atoms with Crippen molar-refractivity contribution in [3.8, 4) is 0 Å². The first-order valence-electron chi connectivity index (χ1n) is 8.04. The Kier molecular flexibility index (Phi) is 4.98. The molecule has 1 aliphatic rings. The summed E-state index contributed by atoms with van der Waals surface area (Å²) in [7, 11) is 0. The number of nitrogens with one attached hydrogen (secondary N) is 1. The van der Waals surface area contributed by atoms with Gasteiger partial charge in [0.05, 0.1) is 18.9 Å². The van der Waals surface area contributed by atoms with Gasteiger partial charge in [-0.05, 0) is 37.0 Å². The Morgan fingerprint density at radius 2 is 2.13 bits per heavy atom. The normalized spacial score (nSPS) is 18.8. The highest BCUT2D eigenvalue weighted by Gasteiger charge is 2.30. The number of carbonyl (C=O) groups excluding carboxylic acids is 1. The molecule has 1 aromatic carbocycles. The fourth-order valence-corrected chi connectivity index (χ4v) is 3.09. The van der Waals surface area contributed by atoms with Crippen molar-refractivity contribution < 1.29 is 14.3 Å². The highest BCUT2D eigenvalue weighted by Crippen LogP contribution is 2.27. The number of furan rings is 1. The Labute approximate surface area is 135 Å². The molecule has 1 fully saturated rings. The highest BCUT2D eigenvalue weighted by atomic mass is 16.3. The van der Waals surface area contributed by atoms with Crippen LogP contribution >= 0.6 is 0 Å². The molecule has 3 rings (SSSR count). The molecule has 0 radical (unpaired) electrons. The van der Waals surface area contributed by atoms with Crippen LogP contribution in [0.25, 0.3) is 0 Å². The van der Waals surface area contributed by atoms with Crippen molar-refractivity contribution in [3.63, 3.8) is 0 Å². The van der Waals surface area contributed by atoms with Crippen LogP contribution in [0.1, 0.15) is 36.7 Å². The summed E-state index contributed by atoms with van der Waals surface area (Å²) >= 11 is 0. The van der Waals surface area contributed by atoms with Gasteiger partial charge in [0.25, 0.3) is 0 Å². The van der Waals surface area contributed by atoms with Gasteiger partial charge in [-0.3, -0.25) is 0 Å². The predicted molar refractivity (Wildman–Crippen MR) is 86.7 cm³/mol. The first-order valence-corrected chi connectivity index (χ1v) is 8.04. The van der Waals surface area contributed by atoms with E-state index in [1.807, 2.05) is 41.3 Å². The number of hydrogen-bond donors (Lipinski definition) is 2. The molecule has 0 spiro atoms. The smallest absolute Gasteiger partial charge is 0.318 e. The van der Waals surface area contributed by atoms with Gasteiger partial charge in [-0.15, -0.1) is 0 Å². The molecule has 2 aromatic rings. The molecule has 2 N–H and O–H groups in total. The van der Waals surface area contributed by atoms with E-state index in [2.05, 4.69) is 5.32 Å². The minimum Gasteiger partial charge on any atom is -0.467 e. The minimum atomic E-state index is -0.542. The maximum absolute atomic E-state index is 12.4. The largest absolute Gasteiger partial charge is 0.467 e. The predicted octanol–water partition coefficient (Wildman–Crippen LogP) is 3.08. The summed E-state index contributed by atoms with van der Waals surface area (Å²) in [5, 5.41) is 13.3. The number of carbonyl (C=O) groups is 1. The quantitative estimate of drug-likeness (QED) is 0.891. The molecule has 5 heteroatoms. The zero-order valence-corrected chi connectivity index (χ0v) is 13.0. The summed E-state index contributed by atoms with van der Waals surface area (Å²) < 4.78 is 5.22. The van der Waals surface area contributed by atoms with Gasteiger partial charge in [0.15, 0.2) is 0 Å². The third kappa shape index (κ3) is 3.93. The van der Waals surface area contributed by atoms with E-state index >= 15 is 0 Å². The Morgan fingerprint density at radius 1 is 1.30 bits per heavy atom. The van der Waals surface area contributed by atoms with Gasteiger partial charge in [-0.25, -0.2) is 4.79 Å². The fraction of sp³-hybridized carbons (Fsp3) is 0.389. The summed E-state index contributed by atoms with van der Waals surface area (Å²) in [6, 6.07) is 13.2. The molecule has 23 heavy (non-hydrogen) atoms. The first-order chi connectivity index (χ1) is 11.2. The number of rotatable bonds is 5. The lowest BCUT2D eigenvalue weighted by atomic mass is 10.0. The number of urea groups is 1. The summed E-state index contributed by atoms with van der Waals surface area (Å²) in [6.07, 6.45) is 3.52. The molecule has 2 amide bonds. The molecular formula is C18H22N2O3. The Morgan fingerprint density at radius 3 is 2.87 bits per heavy atom. The molecular weight excluding hydrogens is 292 g/mol. The Bertz CT molecular complexity index is 612. The van der Waals surface area contributed by atoms with Gasteiger partial charge in [-0.2, -0.15) is 0 Å². The van der Waals surface area contributed by atoms with Gasteiger partial charge in [0, 0.05) is 12.6 Å². The first kappa shape index (κ1) is 15.6. The van der Waals surface area contributed by atoms with Gasteiger partial charge in [0.2, 0.25) is 0 Å². The number of hydrogen-bond acceptors (Lipinski definition) is 3. The van der Waals surface area contributed by atoms with Crippen LogP contribution in [-0.2, 0) is 6.54 Å². The number of benzene rings is 1. The molecule has 0 aliphatic carbocycles. The molecule has 1 aliphatic heterocycles. The van der Waals surface area contributed by atoms with Crippen molar-refractivity contribution in [2.75, 3.05) is 6.54 Å². The zero-order chi connectivity index (χ0) is 16.1. The van der Waals surface area contributed by atoms with Crippen molar-refractivity contribution in [1.82, 2.24) is 10.2 Å². The SMILES string of the molecule is O=C(NCc1ccco1)N1CCC[C@@H]1C[C@H](O)c1ccccc1. The molecule has 0 bridgehead atoms. The molecule has 2 heterocycles. The zero-order valence-electron chi connectivity index (χ0n) is 13.0. The molecule has 0 unspecified atom stereocenters. The lowest BCUT2D eigenvalue weighted by Crippen LogP contribution is -2.43. The van der Waals surface area contributed by atoms with Crippen LogP contribution in [0, 0.1) is 0 Å². The summed E-state index contributed by atoms with van der Waals surface area (Å²) in [4.78, 5) is 14.2. The standard InChI is InChI=1S/C18H22N2O3/c21-17(14-6-2-1-3-7-14)12-15-8-4-10-20(15)18(22)19-13-16-9-5-11-23-16/h1-3,5-7,9,11,15,17,21H,4,8,10,12-13H2,(H,19,22)/t15-,17+/m1/s1. The number of aliphatic hydroxyl groups is 1. The van der Waals surface area contributed by atoms with Crippen LogP contribution in [0.5, 0.6) is 0 Å². The van der Waals surface area contributed by atoms with E-state index in [1.54, 1.807) is 12.3 Å². The van der Waals surface area contributed by atoms with E-state index in [4.69, 9.17) is 4.42 Å². The number of aliphatic hydroxyl groups excluding tert-OH is 1. The number of likely N-dealkylation sites (tertiary alicyclic amines) is 1. The highest BCUT2D eigenvalue weighted by molar-refractivity contribution is 5.74. The van der Waals surface area contributed by atoms with Gasteiger partial charge in [0.1, 0.15) is 5.76 Å². The van der Waals surface area contributed by atoms with E-state index < -0.39 is 6.10 Å². The van der Waals surface area contributed by atoms with Crippen LogP contribution < -0.4 is 5.32 Å². The second-order valence-corrected chi connectivity index (χ2v) is 5.89. The average molecular weight is 314 g/mol. The second-order valence-electron chi connectivity index (χ2n) is 5.89. The molecule has 122 valence electrons. The third-order valence-corrected chi connectivity index (χ3v) is 4.31. The number of amides is 2. The summed E-state index contributed by atoms with van der Waals surface area (Å²) in [5.41, 5.74) is 0.898. The third-order valence-electron chi connectivity index (χ3n) is 4.31. The lowest BCUT2D eigenvalue weighted by Gasteiger charge is -2.26. The molecule has 2 atom stereocenters. The fourth-order valence-electron chi connectivity index (χ4n) is 3.09. The van der Waals surface area contributed by atoms with E-state index in [0.717, 1.165) is 30.7 Å². The van der Waals surface area contributed by atoms with Crippen molar-refractivity contribution in [2.24, 2.45) is 0 Å². The van der Waals surface area contributed by atoms with Crippen molar-refractivity contribution >= 4 is 6.03 Å². The van der Waals surface area contributed by atoms with E-state index in [1.165, 1.54) is 0 Å². The molecule has 1 aromatic heterocycles. The van der Waals surface area contributed by atoms with Crippen molar-refractivity contribution in [2.45, 2.75) is 38.0 Å². The van der Waals surface area contributed by atoms with Crippen LogP contribution in [-0.4, -0.2) is 28.6 Å². The average Bonchev–Trinajstić information content (AvgIpc) is 3.25. The van der Waals surface area contributed by atoms with E-state index in [0.29, 0.717) is 13.0 Å². The van der Waals surface area contributed by atoms with Crippen molar-refractivity contribution in [3.05, 3.63) is 60.1 Å². The minimum absolute atomic E-state index is 0.0711. The molecule has 5 nitrogen and oxygen atoms in total. The van der Waals surface area contributed by atoms with Crippen LogP contribution in [0.15, 0.2) is 53.1 Å². The Hall–Kier alpha value is -2.27. The van der Waals surface area contributed by atoms with Crippen LogP contribution in [0.3, 0.4) is 0 Å². The van der Waals surface area contributed by atoms with Crippen LogP contribution in [0.4, 0.5) is 4.79 Å². The monoisotopic (exact) mass is 314 g/mol. The van der Waals surface area contributed by atoms with E-state index in [9.17, 15) is 9.90 Å². The lowest BCUT2D eigenvalue weighted by molar-refractivity contribution is 0.126. The van der Waals surface area contributed by atoms with Crippen molar-refractivity contribution in [1.29, 1.82) is 0 Å². The topological polar surface area (TPSA) is 65.7 Å². The van der Waals surface area contributed by atoms with Crippen LogP contribution in [0.2, 0.25) is 0 Å². The molecule has 0 saturated carbocycles. The Balaban J connectivity index is 1.55. The maximum atomic E-state index is 12.4. The second kappa shape index (κ2) is 7.33. The maximum Gasteiger partial charge on any atom is 0.318 e. The van der Waals surface area contributed by atoms with Gasteiger partial charge in [-0.1, -0.05) is 30.3 Å². The number of nitrogens with zero attached hydrogens (tertiary/aromatic N) is 1.